The maximum Gasteiger partial charge on any atom is 0.293 e. The number of amides is 2. The number of imide groups is 1. The SMILES string of the molecule is CCOc1cc(/C=C2\SC(=O)N(Cc3ccc4ccccc4c3)C2=O)cc(Br)c1OCc1cccc(C)c1. The standard InChI is InChI=1S/C31H26BrNO4S/c1-3-36-27-16-23(15-26(32)29(27)37-19-22-8-6-7-20(2)13-22)17-28-30(34)33(31(35)38-28)18-21-11-12-24-9-4-5-10-25(24)14-21/h4-17H,3,18-19H2,1-2H3/b28-17-. The van der Waals surface area contributed by atoms with Crippen molar-refractivity contribution in [2.45, 2.75) is 27.0 Å². The Morgan fingerprint density at radius 2 is 1.71 bits per heavy atom. The first-order chi connectivity index (χ1) is 18.4. The Labute approximate surface area is 234 Å². The molecule has 1 saturated heterocycles. The summed E-state index contributed by atoms with van der Waals surface area (Å²) in [5.41, 5.74) is 3.87. The van der Waals surface area contributed by atoms with E-state index < -0.39 is 0 Å². The highest BCUT2D eigenvalue weighted by atomic mass is 79.9. The summed E-state index contributed by atoms with van der Waals surface area (Å²) in [6.07, 6.45) is 1.73. The first-order valence-electron chi connectivity index (χ1n) is 12.3. The van der Waals surface area contributed by atoms with Crippen LogP contribution in [0, 0.1) is 6.92 Å². The molecule has 5 rings (SSSR count). The first kappa shape index (κ1) is 26.1. The lowest BCUT2D eigenvalue weighted by Crippen LogP contribution is -2.27. The van der Waals surface area contributed by atoms with E-state index in [-0.39, 0.29) is 17.7 Å². The van der Waals surface area contributed by atoms with E-state index in [2.05, 4.69) is 22.0 Å². The van der Waals surface area contributed by atoms with Crippen LogP contribution in [0.4, 0.5) is 4.79 Å². The van der Waals surface area contributed by atoms with Gasteiger partial charge >= 0.3 is 0 Å². The van der Waals surface area contributed by atoms with Crippen molar-refractivity contribution in [2.24, 2.45) is 0 Å². The minimum absolute atomic E-state index is 0.229. The van der Waals surface area contributed by atoms with Crippen LogP contribution in [-0.4, -0.2) is 22.7 Å². The highest BCUT2D eigenvalue weighted by molar-refractivity contribution is 9.10. The van der Waals surface area contributed by atoms with Crippen molar-refractivity contribution < 1.29 is 19.1 Å². The highest BCUT2D eigenvalue weighted by Crippen LogP contribution is 2.40. The summed E-state index contributed by atoms with van der Waals surface area (Å²) < 4.78 is 12.7. The monoisotopic (exact) mass is 587 g/mol. The van der Waals surface area contributed by atoms with Crippen LogP contribution >= 0.6 is 27.7 Å². The molecule has 0 radical (unpaired) electrons. The molecule has 4 aromatic rings. The Hall–Kier alpha value is -3.55. The average Bonchev–Trinajstić information content (AvgIpc) is 3.15. The molecule has 0 aliphatic carbocycles. The van der Waals surface area contributed by atoms with Crippen LogP contribution in [0.25, 0.3) is 16.8 Å². The van der Waals surface area contributed by atoms with Gasteiger partial charge in [0.25, 0.3) is 11.1 Å². The number of ether oxygens (including phenoxy) is 2. The van der Waals surface area contributed by atoms with Crippen LogP contribution in [0.15, 0.2) is 88.2 Å². The third kappa shape index (κ3) is 5.79. The molecule has 0 bridgehead atoms. The van der Waals surface area contributed by atoms with Gasteiger partial charge < -0.3 is 9.47 Å². The molecule has 0 saturated carbocycles. The molecular weight excluding hydrogens is 562 g/mol. The molecular formula is C31H26BrNO4S. The molecule has 0 atom stereocenters. The van der Waals surface area contributed by atoms with Crippen LogP contribution in [0.3, 0.4) is 0 Å². The molecule has 192 valence electrons. The van der Waals surface area contributed by atoms with Crippen molar-refractivity contribution in [1.82, 2.24) is 4.90 Å². The zero-order chi connectivity index (χ0) is 26.6. The molecule has 4 aromatic carbocycles. The zero-order valence-electron chi connectivity index (χ0n) is 21.1. The van der Waals surface area contributed by atoms with Crippen LogP contribution in [-0.2, 0) is 17.9 Å². The van der Waals surface area contributed by atoms with Gasteiger partial charge in [-0.1, -0.05) is 66.2 Å². The predicted octanol–water partition coefficient (Wildman–Crippen LogP) is 8.12. The fourth-order valence-electron chi connectivity index (χ4n) is 4.34. The number of hydrogen-bond acceptors (Lipinski definition) is 5. The molecule has 1 fully saturated rings. The van der Waals surface area contributed by atoms with Crippen molar-refractivity contribution in [3.8, 4) is 11.5 Å². The number of hydrogen-bond donors (Lipinski definition) is 0. The summed E-state index contributed by atoms with van der Waals surface area (Å²) in [7, 11) is 0. The topological polar surface area (TPSA) is 55.8 Å². The fraction of sp³-hybridized carbons (Fsp3) is 0.161. The van der Waals surface area contributed by atoms with Gasteiger partial charge in [0.1, 0.15) is 6.61 Å². The van der Waals surface area contributed by atoms with E-state index in [1.807, 2.05) is 86.6 Å². The van der Waals surface area contributed by atoms with Gasteiger partial charge in [-0.25, -0.2) is 0 Å². The Balaban J connectivity index is 1.36. The van der Waals surface area contributed by atoms with Gasteiger partial charge in [-0.05, 0) is 93.3 Å². The summed E-state index contributed by atoms with van der Waals surface area (Å²) >= 11 is 4.55. The number of halogens is 1. The predicted molar refractivity (Wildman–Crippen MR) is 156 cm³/mol. The van der Waals surface area contributed by atoms with Gasteiger partial charge in [-0.2, -0.15) is 0 Å². The number of rotatable bonds is 8. The lowest BCUT2D eigenvalue weighted by atomic mass is 10.1. The van der Waals surface area contributed by atoms with Gasteiger partial charge in [0.2, 0.25) is 0 Å². The van der Waals surface area contributed by atoms with Gasteiger partial charge in [-0.15, -0.1) is 0 Å². The Bertz CT molecular complexity index is 1570. The van der Waals surface area contributed by atoms with Crippen molar-refractivity contribution in [3.63, 3.8) is 0 Å². The highest BCUT2D eigenvalue weighted by Gasteiger charge is 2.35. The van der Waals surface area contributed by atoms with Crippen molar-refractivity contribution in [2.75, 3.05) is 6.61 Å². The van der Waals surface area contributed by atoms with Gasteiger partial charge in [-0.3, -0.25) is 14.5 Å². The maximum atomic E-state index is 13.2. The summed E-state index contributed by atoms with van der Waals surface area (Å²) in [5, 5.41) is 1.91. The number of nitrogens with zero attached hydrogens (tertiary/aromatic N) is 1. The Morgan fingerprint density at radius 1 is 0.895 bits per heavy atom. The van der Waals surface area contributed by atoms with Crippen LogP contribution < -0.4 is 9.47 Å². The number of benzene rings is 4. The Morgan fingerprint density at radius 3 is 2.50 bits per heavy atom. The molecule has 5 nitrogen and oxygen atoms in total. The number of aryl methyl sites for hydroxylation is 1. The minimum atomic E-state index is -0.304. The molecule has 1 aliphatic heterocycles. The van der Waals surface area contributed by atoms with Crippen LogP contribution in [0.2, 0.25) is 0 Å². The summed E-state index contributed by atoms with van der Waals surface area (Å²) in [6, 6.07) is 25.8. The normalized spacial score (nSPS) is 14.5. The van der Waals surface area contributed by atoms with Crippen LogP contribution in [0.5, 0.6) is 11.5 Å². The maximum absolute atomic E-state index is 13.2. The third-order valence-corrected chi connectivity index (χ3v) is 7.62. The lowest BCUT2D eigenvalue weighted by molar-refractivity contribution is -0.123. The molecule has 0 spiro atoms. The molecule has 0 unspecified atom stereocenters. The van der Waals surface area contributed by atoms with Gasteiger partial charge in [0.15, 0.2) is 11.5 Å². The van der Waals surface area contributed by atoms with Gasteiger partial charge in [0, 0.05) is 0 Å². The molecule has 0 aromatic heterocycles. The molecule has 38 heavy (non-hydrogen) atoms. The smallest absolute Gasteiger partial charge is 0.293 e. The number of carbonyl (C=O) groups is 2. The molecule has 2 amide bonds. The number of fused-ring (bicyclic) bond motifs is 1. The average molecular weight is 589 g/mol. The Kier molecular flexibility index (Phi) is 7.86. The second-order valence-electron chi connectivity index (χ2n) is 8.99. The van der Waals surface area contributed by atoms with E-state index in [9.17, 15) is 9.59 Å². The first-order valence-corrected chi connectivity index (χ1v) is 13.9. The largest absolute Gasteiger partial charge is 0.490 e. The van der Waals surface area contributed by atoms with E-state index in [0.29, 0.717) is 34.1 Å². The van der Waals surface area contributed by atoms with Crippen molar-refractivity contribution in [3.05, 3.63) is 110 Å². The fourth-order valence-corrected chi connectivity index (χ4v) is 5.75. The van der Waals surface area contributed by atoms with E-state index >= 15 is 0 Å². The third-order valence-electron chi connectivity index (χ3n) is 6.12. The van der Waals surface area contributed by atoms with Crippen molar-refractivity contribution >= 4 is 55.7 Å². The lowest BCUT2D eigenvalue weighted by Gasteiger charge is -2.15. The zero-order valence-corrected chi connectivity index (χ0v) is 23.5. The van der Waals surface area contributed by atoms with Gasteiger partial charge in [0.05, 0.1) is 22.5 Å². The molecule has 0 N–H and O–H groups in total. The summed E-state index contributed by atoms with van der Waals surface area (Å²) in [6.45, 7) is 5.03. The minimum Gasteiger partial charge on any atom is -0.490 e. The van der Waals surface area contributed by atoms with Crippen LogP contribution in [0.1, 0.15) is 29.2 Å². The molecule has 1 heterocycles. The van der Waals surface area contributed by atoms with E-state index in [0.717, 1.165) is 39.2 Å². The second kappa shape index (κ2) is 11.5. The summed E-state index contributed by atoms with van der Waals surface area (Å²) in [5.74, 6) is 0.855. The quantitative estimate of drug-likeness (QED) is 0.195. The molecule has 7 heteroatoms. The van der Waals surface area contributed by atoms with E-state index in [4.69, 9.17) is 9.47 Å². The van der Waals surface area contributed by atoms with E-state index in [1.54, 1.807) is 6.08 Å². The van der Waals surface area contributed by atoms with E-state index in [1.165, 1.54) is 10.5 Å². The van der Waals surface area contributed by atoms with Crippen molar-refractivity contribution in [1.29, 1.82) is 0 Å². The summed E-state index contributed by atoms with van der Waals surface area (Å²) in [4.78, 5) is 27.6. The number of thioether (sulfide) groups is 1. The second-order valence-corrected chi connectivity index (χ2v) is 10.8. The molecule has 1 aliphatic rings. The number of carbonyl (C=O) groups excluding carboxylic acids is 2.